The lowest BCUT2D eigenvalue weighted by molar-refractivity contribution is 0.244. The van der Waals surface area contributed by atoms with Gasteiger partial charge in [0, 0.05) is 50.5 Å². The number of rotatable bonds is 3. The highest BCUT2D eigenvalue weighted by atomic mass is 15.3. The minimum absolute atomic E-state index is 0.00230. The van der Waals surface area contributed by atoms with Crippen molar-refractivity contribution in [1.82, 2.24) is 0 Å². The maximum absolute atomic E-state index is 2.93. The third kappa shape index (κ3) is 6.74. The molecular formula is C76H82BN3. The van der Waals surface area contributed by atoms with Crippen molar-refractivity contribution in [3.63, 3.8) is 0 Å². The van der Waals surface area contributed by atoms with Gasteiger partial charge < -0.3 is 14.7 Å². The Morgan fingerprint density at radius 1 is 0.388 bits per heavy atom. The van der Waals surface area contributed by atoms with Gasteiger partial charge in [0.25, 0.3) is 6.71 Å². The van der Waals surface area contributed by atoms with E-state index in [9.17, 15) is 0 Å². The summed E-state index contributed by atoms with van der Waals surface area (Å²) >= 11 is 0. The van der Waals surface area contributed by atoms with Gasteiger partial charge in [0.15, 0.2) is 0 Å². The number of nitrogens with zero attached hydrogens (tertiary/aromatic N) is 3. The van der Waals surface area contributed by atoms with Gasteiger partial charge in [-0.3, -0.25) is 0 Å². The number of hydrogen-bond acceptors (Lipinski definition) is 3. The second kappa shape index (κ2) is 16.5. The van der Waals surface area contributed by atoms with Crippen LogP contribution in [0.15, 0.2) is 158 Å². The van der Waals surface area contributed by atoms with Gasteiger partial charge >= 0.3 is 0 Å². The molecule has 0 saturated heterocycles. The largest absolute Gasteiger partial charge is 0.331 e. The molecule has 0 aromatic heterocycles. The summed E-state index contributed by atoms with van der Waals surface area (Å²) in [5, 5.41) is 0. The van der Waals surface area contributed by atoms with Crippen LogP contribution in [0.5, 0.6) is 0 Å². The highest BCUT2D eigenvalue weighted by molar-refractivity contribution is 7.00. The summed E-state index contributed by atoms with van der Waals surface area (Å²) in [5.41, 5.74) is 28.7. The number of hydrogen-bond donors (Lipinski definition) is 0. The molecule has 14 rings (SSSR count). The molecule has 8 aromatic rings. The van der Waals surface area contributed by atoms with E-state index in [0.717, 1.165) is 25.7 Å². The molecule has 404 valence electrons. The fourth-order valence-corrected chi connectivity index (χ4v) is 16.4. The van der Waals surface area contributed by atoms with Crippen molar-refractivity contribution in [3.05, 3.63) is 213 Å². The van der Waals surface area contributed by atoms with Crippen molar-refractivity contribution in [1.29, 1.82) is 0 Å². The molecule has 4 heteroatoms. The number of fused-ring (bicyclic) bond motifs is 14. The average molecular weight is 1050 g/mol. The maximum atomic E-state index is 2.93. The molecule has 2 aliphatic carbocycles. The summed E-state index contributed by atoms with van der Waals surface area (Å²) in [7, 11) is 0. The van der Waals surface area contributed by atoms with Gasteiger partial charge in [-0.15, -0.1) is 0 Å². The Hall–Kier alpha value is -6.78. The Bertz CT molecular complexity index is 3930. The molecule has 0 N–H and O–H groups in total. The molecule has 4 heterocycles. The molecule has 0 spiro atoms. The number of aryl methyl sites for hydroxylation is 2. The normalized spacial score (nSPS) is 23.1. The van der Waals surface area contributed by atoms with E-state index in [4.69, 9.17) is 0 Å². The van der Waals surface area contributed by atoms with E-state index >= 15 is 0 Å². The highest BCUT2D eigenvalue weighted by Gasteiger charge is 2.65. The summed E-state index contributed by atoms with van der Waals surface area (Å²) in [6.45, 7) is 39.1. The second-order valence-electron chi connectivity index (χ2n) is 30.0. The highest BCUT2D eigenvalue weighted by Crippen LogP contribution is 2.68. The quantitative estimate of drug-likeness (QED) is 0.163. The first kappa shape index (κ1) is 51.4. The molecule has 4 atom stereocenters. The van der Waals surface area contributed by atoms with E-state index in [1.54, 1.807) is 0 Å². The molecule has 0 bridgehead atoms. The van der Waals surface area contributed by atoms with Crippen LogP contribution in [-0.2, 0) is 56.4 Å². The summed E-state index contributed by atoms with van der Waals surface area (Å²) in [6, 6.07) is 63.5. The lowest BCUT2D eigenvalue weighted by atomic mass is 9.33. The van der Waals surface area contributed by atoms with Crippen LogP contribution in [0.2, 0.25) is 0 Å². The molecule has 0 radical (unpaired) electrons. The molecule has 3 nitrogen and oxygen atoms in total. The summed E-state index contributed by atoms with van der Waals surface area (Å²) in [5.74, 6) is 0. The summed E-state index contributed by atoms with van der Waals surface area (Å²) in [4.78, 5) is 8.54. The topological polar surface area (TPSA) is 9.72 Å². The van der Waals surface area contributed by atoms with E-state index in [1.165, 1.54) is 123 Å². The number of anilines is 7. The molecular weight excluding hydrogens is 966 g/mol. The van der Waals surface area contributed by atoms with Crippen LogP contribution >= 0.6 is 0 Å². The van der Waals surface area contributed by atoms with E-state index in [-0.39, 0.29) is 39.2 Å². The fraction of sp³-hybridized carbons (Fsp3) is 0.368. The Labute approximate surface area is 479 Å². The van der Waals surface area contributed by atoms with Gasteiger partial charge in [-0.2, -0.15) is 0 Å². The van der Waals surface area contributed by atoms with Crippen LogP contribution in [0, 0.1) is 0 Å². The molecule has 80 heavy (non-hydrogen) atoms. The summed E-state index contributed by atoms with van der Waals surface area (Å²) in [6.07, 6.45) is 4.26. The van der Waals surface area contributed by atoms with E-state index < -0.39 is 11.1 Å². The monoisotopic (exact) mass is 1050 g/mol. The van der Waals surface area contributed by atoms with E-state index in [1.807, 2.05) is 0 Å². The molecule has 6 aliphatic rings. The van der Waals surface area contributed by atoms with Gasteiger partial charge in [0.1, 0.15) is 0 Å². The third-order valence-electron chi connectivity index (χ3n) is 21.5. The zero-order valence-electron chi connectivity index (χ0n) is 50.8. The summed E-state index contributed by atoms with van der Waals surface area (Å²) < 4.78 is 0. The molecule has 0 amide bonds. The van der Waals surface area contributed by atoms with Crippen molar-refractivity contribution < 1.29 is 0 Å². The molecule has 8 aromatic carbocycles. The van der Waals surface area contributed by atoms with Crippen LogP contribution in [0.4, 0.5) is 39.8 Å². The first-order chi connectivity index (χ1) is 37.7. The van der Waals surface area contributed by atoms with Crippen molar-refractivity contribution in [2.24, 2.45) is 0 Å². The van der Waals surface area contributed by atoms with Crippen LogP contribution < -0.4 is 31.1 Å². The van der Waals surface area contributed by atoms with Crippen molar-refractivity contribution in [3.8, 4) is 11.1 Å². The lowest BCUT2D eigenvalue weighted by Gasteiger charge is -2.54. The minimum atomic E-state index is -0.415. The number of benzene rings is 8. The van der Waals surface area contributed by atoms with Gasteiger partial charge in [-0.05, 0) is 175 Å². The minimum Gasteiger partial charge on any atom is -0.331 e. The van der Waals surface area contributed by atoms with Crippen LogP contribution in [0.25, 0.3) is 11.1 Å². The van der Waals surface area contributed by atoms with Gasteiger partial charge in [0.05, 0.1) is 16.8 Å². The predicted octanol–water partition coefficient (Wildman–Crippen LogP) is 17.7. The third-order valence-corrected chi connectivity index (χ3v) is 21.5. The zero-order valence-corrected chi connectivity index (χ0v) is 50.8. The Kier molecular flexibility index (Phi) is 10.6. The van der Waals surface area contributed by atoms with E-state index in [0.29, 0.717) is 0 Å². The van der Waals surface area contributed by atoms with Crippen LogP contribution in [-0.4, -0.2) is 6.71 Å². The van der Waals surface area contributed by atoms with Gasteiger partial charge in [0.2, 0.25) is 0 Å². The molecule has 4 unspecified atom stereocenters. The van der Waals surface area contributed by atoms with Crippen molar-refractivity contribution in [2.75, 3.05) is 14.7 Å². The standard InChI is InChI=1S/C76H82BN3/c1-69(2,3)50-31-34-62(55(40-50)47-24-18-17-19-25-47)78-64-44-52(71(7,8)9)30-33-60(64)77-61-43-53(72(10,11)12)42-59-68(61)80(76(16)57-29-23-21-27-49(57)37-39-74(59,76)14)66-46-54(45-65(78)67(66)77)79-63-35-32-51(70(4,5)6)41-58(63)73(13)38-36-48-26-20-22-28-56(48)75(73,79)15/h17-35,40-46H,36-39H2,1-16H3. The smallest absolute Gasteiger partial charge is 0.252 e. The molecule has 0 saturated carbocycles. The SMILES string of the molecule is CC(C)(C)c1ccc(N2c3cc(C(C)(C)C)ccc3B3c4cc(C(C)(C)C)cc5c4N(c4cc(N6c7ccc(C(C)(C)C)cc7C7(C)CCc8ccccc8C67C)cc2c43)C2(C)c3ccccc3CCC52C)c(-c2ccccc2)c1. The van der Waals surface area contributed by atoms with Gasteiger partial charge in [-0.25, -0.2) is 0 Å². The second-order valence-corrected chi connectivity index (χ2v) is 30.0. The first-order valence-electron chi connectivity index (χ1n) is 30.1. The van der Waals surface area contributed by atoms with Crippen LogP contribution in [0.1, 0.15) is 179 Å². The average Bonchev–Trinajstić information content (AvgIpc) is 3.99. The Balaban J connectivity index is 1.17. The molecule has 0 fully saturated rings. The Morgan fingerprint density at radius 2 is 0.887 bits per heavy atom. The van der Waals surface area contributed by atoms with Crippen molar-refractivity contribution >= 4 is 62.9 Å². The zero-order chi connectivity index (χ0) is 56.2. The predicted molar refractivity (Wildman–Crippen MR) is 342 cm³/mol. The van der Waals surface area contributed by atoms with Gasteiger partial charge in [-0.1, -0.05) is 218 Å². The first-order valence-corrected chi connectivity index (χ1v) is 30.1. The molecule has 4 aliphatic heterocycles. The maximum Gasteiger partial charge on any atom is 0.252 e. The van der Waals surface area contributed by atoms with E-state index in [2.05, 4.69) is 283 Å². The Morgan fingerprint density at radius 3 is 1.50 bits per heavy atom. The lowest BCUT2D eigenvalue weighted by Crippen LogP contribution is -2.64. The van der Waals surface area contributed by atoms with Crippen molar-refractivity contribution in [2.45, 2.75) is 180 Å². The fourth-order valence-electron chi connectivity index (χ4n) is 16.4. The van der Waals surface area contributed by atoms with Crippen LogP contribution in [0.3, 0.4) is 0 Å².